The van der Waals surface area contributed by atoms with Crippen molar-refractivity contribution in [2.24, 2.45) is 14.1 Å². The van der Waals surface area contributed by atoms with E-state index in [1.807, 2.05) is 66.8 Å². The molecular weight excluding hydrogens is 1210 g/mol. The van der Waals surface area contributed by atoms with E-state index in [-0.39, 0.29) is 32.2 Å². The molecule has 6 aromatic carbocycles. The first-order valence-electron chi connectivity index (χ1n) is 25.1. The van der Waals surface area contributed by atoms with Gasteiger partial charge in [0.1, 0.15) is 51.6 Å². The molecule has 0 unspecified atom stereocenters. The normalized spacial score (nSPS) is 10.4. The zero-order chi connectivity index (χ0) is 59.1. The smallest absolute Gasteiger partial charge is 0.261 e. The second-order valence-corrected chi connectivity index (χ2v) is 22.4. The Kier molecular flexibility index (Phi) is 22.5. The molecule has 22 heteroatoms. The van der Waals surface area contributed by atoms with Crippen molar-refractivity contribution in [2.75, 3.05) is 16.0 Å². The van der Waals surface area contributed by atoms with Crippen LogP contribution >= 0.6 is 58.8 Å². The minimum absolute atomic E-state index is 0. The number of hydrogen-bond acceptors (Lipinski definition) is 9. The fourth-order valence-corrected chi connectivity index (χ4v) is 11.8. The van der Waals surface area contributed by atoms with Crippen molar-refractivity contribution < 1.29 is 45.5 Å². The van der Waals surface area contributed by atoms with Crippen LogP contribution in [-0.4, -0.2) is 43.1 Å². The summed E-state index contributed by atoms with van der Waals surface area (Å²) in [6, 6.07) is 37.1. The summed E-state index contributed by atoms with van der Waals surface area (Å²) in [7, 11) is 3.90. The van der Waals surface area contributed by atoms with Crippen LogP contribution in [-0.2, 0) is 14.1 Å². The first-order valence-corrected chi connectivity index (χ1v) is 27.6. The molecule has 5 aromatic heterocycles. The third-order valence-corrected chi connectivity index (χ3v) is 16.1. The highest BCUT2D eigenvalue weighted by Crippen LogP contribution is 2.39. The molecule has 0 radical (unpaired) electrons. The van der Waals surface area contributed by atoms with E-state index in [9.17, 15) is 45.5 Å². The van der Waals surface area contributed by atoms with Crippen molar-refractivity contribution in [1.29, 1.82) is 0 Å². The van der Waals surface area contributed by atoms with E-state index in [0.29, 0.717) is 21.9 Å². The van der Waals surface area contributed by atoms with Gasteiger partial charge in [0.15, 0.2) is 6.29 Å². The van der Waals surface area contributed by atoms with Gasteiger partial charge >= 0.3 is 0 Å². The van der Waals surface area contributed by atoms with Crippen LogP contribution < -0.4 is 16.0 Å². The number of thiophene rings is 3. The van der Waals surface area contributed by atoms with Crippen LogP contribution in [0, 0.1) is 55.7 Å². The first-order chi connectivity index (χ1) is 39.9. The Balaban J connectivity index is 0.000000204. The van der Waals surface area contributed by atoms with Crippen LogP contribution in [0.1, 0.15) is 62.8 Å². The van der Waals surface area contributed by atoms with Gasteiger partial charge in [0.2, 0.25) is 0 Å². The molecule has 0 aliphatic heterocycles. The lowest BCUT2D eigenvalue weighted by Gasteiger charge is -2.08. The average Bonchev–Trinajstić information content (AvgIpc) is 4.40. The van der Waals surface area contributed by atoms with Crippen molar-refractivity contribution in [1.82, 2.24) is 19.1 Å². The monoisotopic (exact) mass is 1260 g/mol. The number of amides is 3. The number of hydrogen-bond donors (Lipinski definition) is 3. The third kappa shape index (κ3) is 15.1. The second-order valence-electron chi connectivity index (χ2n) is 18.6. The standard InChI is InChI=1S/2C22H17F2N3OS.C19H13F2NO2S.CH4.2ClH/c2*1-13-16(10-20(29-13)19-11-25-12-27(19)2)14-6-8-15(9-7-14)26-22(28)21-17(23)4-3-5-18(21)24;1-11-15(9-14(10-23)25-11)12-5-7-13(8-6-12)22-19(24)18-16(20)3-2-4-17(18)21;;;/h2*3-12H,1-2H3,(H,26,28);2-10H,1H3,(H,22,24);1H4;2*1H. The zero-order valence-electron chi connectivity index (χ0n) is 45.5. The van der Waals surface area contributed by atoms with Crippen LogP contribution in [0.3, 0.4) is 0 Å². The molecule has 442 valence electrons. The summed E-state index contributed by atoms with van der Waals surface area (Å²) in [5.41, 5.74) is 7.59. The first kappa shape index (κ1) is 66.2. The quantitative estimate of drug-likeness (QED) is 0.0822. The molecule has 0 saturated carbocycles. The summed E-state index contributed by atoms with van der Waals surface area (Å²) in [6.45, 7) is 6.02. The molecule has 11 rings (SSSR count). The number of aromatic nitrogens is 4. The topological polar surface area (TPSA) is 140 Å². The van der Waals surface area contributed by atoms with E-state index < -0.39 is 69.3 Å². The van der Waals surface area contributed by atoms with Crippen LogP contribution in [0.2, 0.25) is 0 Å². The minimum atomic E-state index is -0.913. The minimum Gasteiger partial charge on any atom is -0.333 e. The number of anilines is 3. The van der Waals surface area contributed by atoms with Gasteiger partial charge in [0, 0.05) is 45.8 Å². The Labute approximate surface area is 515 Å². The lowest BCUT2D eigenvalue weighted by Crippen LogP contribution is -2.15. The number of benzene rings is 6. The molecule has 0 aliphatic rings. The number of nitrogens with zero attached hydrogens (tertiary/aromatic N) is 4. The zero-order valence-corrected chi connectivity index (χ0v) is 49.6. The molecule has 0 fully saturated rings. The van der Waals surface area contributed by atoms with E-state index in [2.05, 4.69) is 51.9 Å². The predicted octanol–water partition coefficient (Wildman–Crippen LogP) is 17.9. The maximum Gasteiger partial charge on any atom is 0.261 e. The maximum atomic E-state index is 13.8. The fourth-order valence-electron chi connectivity index (χ4n) is 8.75. The van der Waals surface area contributed by atoms with Crippen molar-refractivity contribution in [3.8, 4) is 54.5 Å². The van der Waals surface area contributed by atoms with Gasteiger partial charge in [-0.15, -0.1) is 58.8 Å². The summed E-state index contributed by atoms with van der Waals surface area (Å²) in [4.78, 5) is 61.9. The van der Waals surface area contributed by atoms with Crippen LogP contribution in [0.4, 0.5) is 43.4 Å². The van der Waals surface area contributed by atoms with Gasteiger partial charge in [-0.3, -0.25) is 19.2 Å². The number of carbonyl (C=O) groups is 4. The molecule has 3 N–H and O–H groups in total. The number of carbonyl (C=O) groups excluding carboxylic acids is 4. The SMILES string of the molecule is C.Cc1sc(-c2cncn2C)cc1-c1ccc(NC(=O)c2c(F)cccc2F)cc1.Cc1sc(-c2cncn2C)cc1-c1ccc(NC(=O)c2c(F)cccc2F)cc1.Cc1sc(C=O)cc1-c1ccc(NC(=O)c2c(F)cccc2F)cc1.Cl.Cl. The van der Waals surface area contributed by atoms with Gasteiger partial charge in [0.25, 0.3) is 17.7 Å². The molecule has 5 heterocycles. The number of rotatable bonds is 12. The Morgan fingerprint density at radius 3 is 0.977 bits per heavy atom. The summed E-state index contributed by atoms with van der Waals surface area (Å²) < 4.78 is 86.3. The van der Waals surface area contributed by atoms with Crippen LogP contribution in [0.15, 0.2) is 171 Å². The van der Waals surface area contributed by atoms with Gasteiger partial charge in [-0.2, -0.15) is 0 Å². The number of aldehydes is 1. The number of imidazole rings is 2. The van der Waals surface area contributed by atoms with Gasteiger partial charge in [-0.1, -0.05) is 62.0 Å². The predicted molar refractivity (Wildman–Crippen MR) is 337 cm³/mol. The van der Waals surface area contributed by atoms with Crippen LogP contribution in [0.25, 0.3) is 54.5 Å². The van der Waals surface area contributed by atoms with E-state index in [1.165, 1.54) is 29.5 Å². The Bertz CT molecular complexity index is 3950. The molecule has 11 nitrogen and oxygen atoms in total. The van der Waals surface area contributed by atoms with Crippen molar-refractivity contribution >= 4 is 99.9 Å². The van der Waals surface area contributed by atoms with Gasteiger partial charge < -0.3 is 25.1 Å². The molecule has 0 atom stereocenters. The fraction of sp³-hybridized carbons (Fsp3) is 0.0938. The van der Waals surface area contributed by atoms with Gasteiger partial charge in [-0.05, 0) is 145 Å². The molecule has 3 amide bonds. The summed E-state index contributed by atoms with van der Waals surface area (Å²) in [5.74, 6) is -7.89. The second kappa shape index (κ2) is 29.3. The number of aryl methyl sites for hydroxylation is 5. The third-order valence-electron chi connectivity index (χ3n) is 13.0. The highest BCUT2D eigenvalue weighted by Gasteiger charge is 2.21. The molecular formula is C64H53Cl2F6N7O4S3. The average molecular weight is 1270 g/mol. The molecule has 0 saturated heterocycles. The van der Waals surface area contributed by atoms with Crippen molar-refractivity contribution in [2.45, 2.75) is 28.2 Å². The van der Waals surface area contributed by atoms with Crippen molar-refractivity contribution in [3.63, 3.8) is 0 Å². The van der Waals surface area contributed by atoms with Crippen LogP contribution in [0.5, 0.6) is 0 Å². The summed E-state index contributed by atoms with van der Waals surface area (Å²) in [5, 5.41) is 7.56. The highest BCUT2D eigenvalue weighted by atomic mass is 35.5. The van der Waals surface area contributed by atoms with Gasteiger partial charge in [-0.25, -0.2) is 36.3 Å². The molecule has 11 aromatic rings. The Morgan fingerprint density at radius 2 is 0.721 bits per heavy atom. The Hall–Kier alpha value is -8.92. The highest BCUT2D eigenvalue weighted by molar-refractivity contribution is 7.16. The summed E-state index contributed by atoms with van der Waals surface area (Å²) in [6.07, 6.45) is 7.99. The Morgan fingerprint density at radius 1 is 0.442 bits per heavy atom. The lowest BCUT2D eigenvalue weighted by atomic mass is 10.1. The number of halogens is 8. The van der Waals surface area contributed by atoms with E-state index in [4.69, 9.17) is 0 Å². The summed E-state index contributed by atoms with van der Waals surface area (Å²) >= 11 is 4.77. The van der Waals surface area contributed by atoms with E-state index >= 15 is 0 Å². The largest absolute Gasteiger partial charge is 0.333 e. The molecule has 86 heavy (non-hydrogen) atoms. The van der Waals surface area contributed by atoms with Crippen molar-refractivity contribution in [3.05, 3.63) is 242 Å². The van der Waals surface area contributed by atoms with E-state index in [0.717, 1.165) is 112 Å². The number of nitrogens with one attached hydrogen (secondary N) is 3. The maximum absolute atomic E-state index is 13.8. The molecule has 0 aliphatic carbocycles. The van der Waals surface area contributed by atoms with Gasteiger partial charge in [0.05, 0.1) is 51.1 Å². The molecule has 0 bridgehead atoms. The molecule has 0 spiro atoms. The van der Waals surface area contributed by atoms with E-state index in [1.54, 1.807) is 89.9 Å². The lowest BCUT2D eigenvalue weighted by molar-refractivity contribution is 0.101.